The summed E-state index contributed by atoms with van der Waals surface area (Å²) >= 11 is 7.25. The number of carbonyl (C=O) groups excluding carboxylic acids is 1. The normalized spacial score (nSPS) is 19.0. The van der Waals surface area contributed by atoms with Crippen LogP contribution in [0.5, 0.6) is 0 Å². The lowest BCUT2D eigenvalue weighted by Gasteiger charge is -2.27. The lowest BCUT2D eigenvalue weighted by Crippen LogP contribution is -2.28. The van der Waals surface area contributed by atoms with E-state index in [4.69, 9.17) is 11.6 Å². The summed E-state index contributed by atoms with van der Waals surface area (Å²) in [6, 6.07) is 3.51. The third kappa shape index (κ3) is 2.53. The maximum Gasteiger partial charge on any atom is 0.189 e. The summed E-state index contributed by atoms with van der Waals surface area (Å²) < 4.78 is 28.9. The number of hydrogen-bond donors (Lipinski definition) is 0. The van der Waals surface area contributed by atoms with Crippen LogP contribution in [0.3, 0.4) is 0 Å². The quantitative estimate of drug-likeness (QED) is 0.357. The first-order valence-corrected chi connectivity index (χ1v) is 8.38. The third-order valence-corrected chi connectivity index (χ3v) is 4.42. The molecule has 1 aliphatic rings. The van der Waals surface area contributed by atoms with Gasteiger partial charge in [0, 0.05) is 6.21 Å². The first kappa shape index (κ1) is 16.7. The van der Waals surface area contributed by atoms with Gasteiger partial charge >= 0.3 is 0 Å². The molecule has 1 aromatic carbocycles. The Morgan fingerprint density at radius 2 is 1.96 bits per heavy atom. The number of hydrogen-bond acceptors (Lipinski definition) is 5. The standard InChI is InChI=1S/C16H10ClF2N3OS/c1-24-15-21-13(9(8-23)14(17)22-15)16(6-3-7-20-16)12-10(18)4-2-5-11(12)19/h2-8H,1H3. The van der Waals surface area contributed by atoms with Gasteiger partial charge in [-0.05, 0) is 30.5 Å². The SMILES string of the molecule is CSc1nc(Cl)c(C=O)c(C2(c3c(F)cccc3F)C=CC=N2)n1. The number of aldehydes is 1. The van der Waals surface area contributed by atoms with Crippen LogP contribution in [0.15, 0.2) is 40.5 Å². The highest BCUT2D eigenvalue weighted by Crippen LogP contribution is 2.41. The van der Waals surface area contributed by atoms with Gasteiger partial charge in [0.25, 0.3) is 0 Å². The Morgan fingerprint density at radius 3 is 2.50 bits per heavy atom. The second kappa shape index (κ2) is 6.41. The molecule has 0 saturated carbocycles. The van der Waals surface area contributed by atoms with Gasteiger partial charge in [-0.3, -0.25) is 9.79 Å². The summed E-state index contributed by atoms with van der Waals surface area (Å²) in [6.45, 7) is 0. The predicted octanol–water partition coefficient (Wildman–Crippen LogP) is 3.83. The van der Waals surface area contributed by atoms with Crippen LogP contribution in [-0.4, -0.2) is 28.7 Å². The van der Waals surface area contributed by atoms with Crippen molar-refractivity contribution in [2.24, 2.45) is 4.99 Å². The molecule has 0 saturated heterocycles. The molecule has 1 aromatic heterocycles. The molecule has 0 radical (unpaired) electrons. The molecule has 0 amide bonds. The van der Waals surface area contributed by atoms with E-state index in [0.29, 0.717) is 6.29 Å². The van der Waals surface area contributed by atoms with E-state index in [2.05, 4.69) is 15.0 Å². The maximum atomic E-state index is 14.4. The smallest absolute Gasteiger partial charge is 0.189 e. The van der Waals surface area contributed by atoms with Gasteiger partial charge in [0.1, 0.15) is 16.8 Å². The number of nitrogens with zero attached hydrogens (tertiary/aromatic N) is 3. The number of halogens is 3. The van der Waals surface area contributed by atoms with Crippen LogP contribution < -0.4 is 0 Å². The Morgan fingerprint density at radius 1 is 1.25 bits per heavy atom. The summed E-state index contributed by atoms with van der Waals surface area (Å²) in [7, 11) is 0. The third-order valence-electron chi connectivity index (χ3n) is 3.59. The average molecular weight is 366 g/mol. The van der Waals surface area contributed by atoms with Crippen molar-refractivity contribution in [1.82, 2.24) is 9.97 Å². The zero-order valence-corrected chi connectivity index (χ0v) is 13.9. The van der Waals surface area contributed by atoms with Crippen molar-refractivity contribution in [2.75, 3.05) is 6.26 Å². The molecule has 8 heteroatoms. The van der Waals surface area contributed by atoms with Crippen LogP contribution in [0.2, 0.25) is 5.15 Å². The minimum Gasteiger partial charge on any atom is -0.298 e. The van der Waals surface area contributed by atoms with Gasteiger partial charge in [0.05, 0.1) is 16.8 Å². The van der Waals surface area contributed by atoms with Gasteiger partial charge < -0.3 is 0 Å². The molecule has 122 valence electrons. The fraction of sp³-hybridized carbons (Fsp3) is 0.125. The number of rotatable bonds is 4. The van der Waals surface area contributed by atoms with Gasteiger partial charge in [-0.2, -0.15) is 0 Å². The largest absolute Gasteiger partial charge is 0.298 e. The van der Waals surface area contributed by atoms with E-state index in [0.717, 1.165) is 12.1 Å². The van der Waals surface area contributed by atoms with E-state index >= 15 is 0 Å². The Bertz CT molecular complexity index is 854. The molecule has 3 rings (SSSR count). The second-order valence-electron chi connectivity index (χ2n) is 4.88. The van der Waals surface area contributed by atoms with Gasteiger partial charge in [0.2, 0.25) is 0 Å². The molecule has 0 bridgehead atoms. The number of aromatic nitrogens is 2. The summed E-state index contributed by atoms with van der Waals surface area (Å²) in [4.78, 5) is 24.0. The van der Waals surface area contributed by atoms with E-state index in [1.54, 1.807) is 6.26 Å². The number of carbonyl (C=O) groups is 1. The molecular weight excluding hydrogens is 356 g/mol. The van der Waals surface area contributed by atoms with Gasteiger partial charge in [-0.1, -0.05) is 29.4 Å². The second-order valence-corrected chi connectivity index (χ2v) is 6.01. The highest BCUT2D eigenvalue weighted by Gasteiger charge is 2.42. The molecule has 0 aliphatic carbocycles. The highest BCUT2D eigenvalue weighted by atomic mass is 35.5. The van der Waals surface area contributed by atoms with Crippen molar-refractivity contribution < 1.29 is 13.6 Å². The van der Waals surface area contributed by atoms with Gasteiger partial charge in [-0.15, -0.1) is 0 Å². The maximum absolute atomic E-state index is 14.4. The van der Waals surface area contributed by atoms with Crippen LogP contribution in [0.25, 0.3) is 0 Å². The lowest BCUT2D eigenvalue weighted by molar-refractivity contribution is 0.112. The fourth-order valence-corrected chi connectivity index (χ4v) is 3.19. The molecule has 1 atom stereocenters. The number of benzene rings is 1. The van der Waals surface area contributed by atoms with Crippen molar-refractivity contribution in [1.29, 1.82) is 0 Å². The fourth-order valence-electron chi connectivity index (χ4n) is 2.56. The van der Waals surface area contributed by atoms with E-state index in [9.17, 15) is 13.6 Å². The monoisotopic (exact) mass is 365 g/mol. The lowest BCUT2D eigenvalue weighted by atomic mass is 9.84. The summed E-state index contributed by atoms with van der Waals surface area (Å²) in [5, 5.41) is 0.179. The van der Waals surface area contributed by atoms with E-state index in [1.165, 1.54) is 36.2 Å². The molecular formula is C16H10ClF2N3OS. The molecule has 0 fully saturated rings. The average Bonchev–Trinajstić information content (AvgIpc) is 3.04. The summed E-state index contributed by atoms with van der Waals surface area (Å²) in [5.74, 6) is -1.59. The Kier molecular flexibility index (Phi) is 4.47. The van der Waals surface area contributed by atoms with Crippen molar-refractivity contribution in [2.45, 2.75) is 10.7 Å². The van der Waals surface area contributed by atoms with Crippen LogP contribution in [0, 0.1) is 11.6 Å². The van der Waals surface area contributed by atoms with Crippen molar-refractivity contribution in [3.05, 3.63) is 64.0 Å². The highest BCUT2D eigenvalue weighted by molar-refractivity contribution is 7.98. The zero-order valence-electron chi connectivity index (χ0n) is 12.3. The molecule has 24 heavy (non-hydrogen) atoms. The van der Waals surface area contributed by atoms with Crippen LogP contribution >= 0.6 is 23.4 Å². The van der Waals surface area contributed by atoms with Crippen molar-refractivity contribution in [3.8, 4) is 0 Å². The molecule has 4 nitrogen and oxygen atoms in total. The van der Waals surface area contributed by atoms with Crippen LogP contribution in [0.4, 0.5) is 8.78 Å². The molecule has 0 spiro atoms. The van der Waals surface area contributed by atoms with E-state index in [-0.39, 0.29) is 27.1 Å². The number of thioether (sulfide) groups is 1. The molecule has 2 aromatic rings. The molecule has 1 unspecified atom stereocenters. The van der Waals surface area contributed by atoms with E-state index < -0.39 is 17.2 Å². The zero-order chi connectivity index (χ0) is 17.3. The Hall–Kier alpha value is -2.12. The van der Waals surface area contributed by atoms with E-state index in [1.807, 2.05) is 0 Å². The van der Waals surface area contributed by atoms with Gasteiger partial charge in [0.15, 0.2) is 17.0 Å². The Labute approximate surface area is 145 Å². The first-order valence-electron chi connectivity index (χ1n) is 6.78. The molecule has 1 aliphatic heterocycles. The molecule has 2 heterocycles. The minimum absolute atomic E-state index is 0.0378. The summed E-state index contributed by atoms with van der Waals surface area (Å²) in [5.41, 5.74) is -1.94. The number of allylic oxidation sites excluding steroid dienone is 1. The Balaban J connectivity index is 2.40. The van der Waals surface area contributed by atoms with Gasteiger partial charge in [-0.25, -0.2) is 18.7 Å². The van der Waals surface area contributed by atoms with Crippen LogP contribution in [0.1, 0.15) is 21.6 Å². The van der Waals surface area contributed by atoms with Crippen molar-refractivity contribution in [3.63, 3.8) is 0 Å². The predicted molar refractivity (Wildman–Crippen MR) is 89.0 cm³/mol. The first-order chi connectivity index (χ1) is 11.5. The number of aliphatic imine (C=N–C) groups is 1. The van der Waals surface area contributed by atoms with Crippen molar-refractivity contribution >= 4 is 35.9 Å². The minimum atomic E-state index is -1.61. The topological polar surface area (TPSA) is 55.2 Å². The molecule has 0 N–H and O–H groups in total. The van der Waals surface area contributed by atoms with Crippen LogP contribution in [-0.2, 0) is 5.54 Å². The summed E-state index contributed by atoms with van der Waals surface area (Å²) in [6.07, 6.45) is 6.60.